The van der Waals surface area contributed by atoms with Crippen molar-refractivity contribution in [3.05, 3.63) is 29.3 Å². The molecular weight excluding hydrogens is 415 g/mol. The monoisotopic (exact) mass is 440 g/mol. The van der Waals surface area contributed by atoms with Crippen LogP contribution < -0.4 is 21.1 Å². The van der Waals surface area contributed by atoms with E-state index in [1.54, 1.807) is 12.1 Å². The highest BCUT2D eigenvalue weighted by Crippen LogP contribution is 2.16. The molecule has 0 atom stereocenters. The maximum Gasteiger partial charge on any atom is 0.239 e. The molecule has 27 heavy (non-hydrogen) atoms. The molecule has 4 N–H and O–H groups in total. The molecule has 1 aliphatic rings. The first-order chi connectivity index (χ1) is 12.1. The van der Waals surface area contributed by atoms with Crippen molar-refractivity contribution in [2.45, 2.75) is 18.9 Å². The summed E-state index contributed by atoms with van der Waals surface area (Å²) in [5.41, 5.74) is 5.18. The van der Waals surface area contributed by atoms with Crippen molar-refractivity contribution in [1.29, 1.82) is 0 Å². The van der Waals surface area contributed by atoms with Crippen molar-refractivity contribution in [1.82, 2.24) is 15.5 Å². The maximum absolute atomic E-state index is 11.8. The minimum atomic E-state index is -0.328. The Balaban J connectivity index is 0.00000338. The molecule has 2 amide bonds. The predicted octanol–water partition coefficient (Wildman–Crippen LogP) is 1.22. The number of amides is 2. The third kappa shape index (κ3) is 10.0. The summed E-state index contributed by atoms with van der Waals surface area (Å²) < 4.78 is 5.70. The van der Waals surface area contributed by atoms with Crippen molar-refractivity contribution in [3.63, 3.8) is 0 Å². The number of nitrogens with zero attached hydrogens (tertiary/aromatic N) is 1. The number of piperidine rings is 1. The van der Waals surface area contributed by atoms with Crippen LogP contribution in [0.15, 0.2) is 24.3 Å². The van der Waals surface area contributed by atoms with Crippen LogP contribution in [0.2, 0.25) is 5.02 Å². The maximum atomic E-state index is 11.8. The summed E-state index contributed by atoms with van der Waals surface area (Å²) >= 11 is 5.84. The molecule has 154 valence electrons. The molecule has 1 fully saturated rings. The number of carbonyl (C=O) groups is 2. The smallest absolute Gasteiger partial charge is 0.239 e. The highest BCUT2D eigenvalue weighted by atomic mass is 35.5. The lowest BCUT2D eigenvalue weighted by atomic mass is 10.1. The van der Waals surface area contributed by atoms with E-state index in [-0.39, 0.29) is 55.8 Å². The van der Waals surface area contributed by atoms with E-state index in [2.05, 4.69) is 15.5 Å². The van der Waals surface area contributed by atoms with Gasteiger partial charge in [0.2, 0.25) is 11.8 Å². The fourth-order valence-electron chi connectivity index (χ4n) is 2.65. The van der Waals surface area contributed by atoms with Crippen LogP contribution in [0.3, 0.4) is 0 Å². The van der Waals surface area contributed by atoms with Gasteiger partial charge in [-0.3, -0.25) is 14.5 Å². The largest absolute Gasteiger partial charge is 0.492 e. The van der Waals surface area contributed by atoms with Crippen molar-refractivity contribution in [2.75, 3.05) is 39.3 Å². The lowest BCUT2D eigenvalue weighted by Crippen LogP contribution is -2.48. The number of benzene rings is 1. The van der Waals surface area contributed by atoms with Gasteiger partial charge in [-0.1, -0.05) is 11.6 Å². The standard InChI is InChI=1S/C17H25ClN4O3.2ClH/c18-13-1-3-15(4-2-13)25-10-9-22-7-5-14(6-8-22)21-17(24)12-20-16(23)11-19;;/h1-4,14H,5-12,19H2,(H,20,23)(H,21,24);2*1H. The average molecular weight is 442 g/mol. The second kappa shape index (κ2) is 13.8. The molecule has 10 heteroatoms. The molecule has 7 nitrogen and oxygen atoms in total. The van der Waals surface area contributed by atoms with E-state index in [1.807, 2.05) is 12.1 Å². The van der Waals surface area contributed by atoms with Crippen LogP contribution in [0.1, 0.15) is 12.8 Å². The average Bonchev–Trinajstić information content (AvgIpc) is 2.63. The molecule has 1 aromatic carbocycles. The molecule has 0 saturated carbocycles. The van der Waals surface area contributed by atoms with Gasteiger partial charge in [0.15, 0.2) is 0 Å². The number of halogens is 3. The Morgan fingerprint density at radius 3 is 2.37 bits per heavy atom. The zero-order valence-electron chi connectivity index (χ0n) is 15.0. The lowest BCUT2D eigenvalue weighted by Gasteiger charge is -2.32. The van der Waals surface area contributed by atoms with Crippen molar-refractivity contribution < 1.29 is 14.3 Å². The van der Waals surface area contributed by atoms with E-state index in [0.717, 1.165) is 38.2 Å². The van der Waals surface area contributed by atoms with Gasteiger partial charge in [0.25, 0.3) is 0 Å². The number of hydrogen-bond acceptors (Lipinski definition) is 5. The summed E-state index contributed by atoms with van der Waals surface area (Å²) in [6.07, 6.45) is 1.77. The summed E-state index contributed by atoms with van der Waals surface area (Å²) in [5.74, 6) is 0.308. The van der Waals surface area contributed by atoms with E-state index < -0.39 is 0 Å². The molecule has 1 aliphatic heterocycles. The lowest BCUT2D eigenvalue weighted by molar-refractivity contribution is -0.125. The number of rotatable bonds is 8. The molecular formula is C17H27Cl3N4O3. The second-order valence-electron chi connectivity index (χ2n) is 5.97. The van der Waals surface area contributed by atoms with E-state index in [4.69, 9.17) is 22.1 Å². The summed E-state index contributed by atoms with van der Waals surface area (Å²) in [4.78, 5) is 25.1. The highest BCUT2D eigenvalue weighted by molar-refractivity contribution is 6.30. The summed E-state index contributed by atoms with van der Waals surface area (Å²) in [6, 6.07) is 7.47. The van der Waals surface area contributed by atoms with Crippen LogP contribution in [0, 0.1) is 0 Å². The number of nitrogens with two attached hydrogens (primary N) is 1. The van der Waals surface area contributed by atoms with Crippen molar-refractivity contribution in [2.24, 2.45) is 5.73 Å². The fourth-order valence-corrected chi connectivity index (χ4v) is 2.78. The Labute approximate surface area is 177 Å². The van der Waals surface area contributed by atoms with Gasteiger partial charge in [-0.2, -0.15) is 0 Å². The number of hydrogen-bond donors (Lipinski definition) is 3. The normalized spacial score (nSPS) is 14.4. The number of ether oxygens (including phenoxy) is 1. The van der Waals surface area contributed by atoms with Gasteiger partial charge in [0, 0.05) is 30.7 Å². The SMILES string of the molecule is Cl.Cl.NCC(=O)NCC(=O)NC1CCN(CCOc2ccc(Cl)cc2)CC1. The first kappa shape index (κ1) is 25.8. The van der Waals surface area contributed by atoms with Gasteiger partial charge in [-0.15, -0.1) is 24.8 Å². The number of carbonyl (C=O) groups excluding carboxylic acids is 2. The molecule has 0 spiro atoms. The molecule has 1 heterocycles. The van der Waals surface area contributed by atoms with E-state index in [0.29, 0.717) is 11.6 Å². The van der Waals surface area contributed by atoms with Crippen LogP contribution in [0.5, 0.6) is 5.75 Å². The predicted molar refractivity (Wildman–Crippen MR) is 111 cm³/mol. The van der Waals surface area contributed by atoms with E-state index >= 15 is 0 Å². The molecule has 1 aromatic rings. The van der Waals surface area contributed by atoms with Crippen molar-refractivity contribution >= 4 is 48.2 Å². The first-order valence-corrected chi connectivity index (χ1v) is 8.81. The Morgan fingerprint density at radius 1 is 1.15 bits per heavy atom. The third-order valence-corrected chi connectivity index (χ3v) is 4.33. The molecule has 0 aromatic heterocycles. The minimum absolute atomic E-state index is 0. The van der Waals surface area contributed by atoms with Gasteiger partial charge in [-0.25, -0.2) is 0 Å². The van der Waals surface area contributed by atoms with Crippen molar-refractivity contribution in [3.8, 4) is 5.75 Å². The van der Waals surface area contributed by atoms with Crippen LogP contribution in [0.25, 0.3) is 0 Å². The number of nitrogens with one attached hydrogen (secondary N) is 2. The third-order valence-electron chi connectivity index (χ3n) is 4.07. The minimum Gasteiger partial charge on any atom is -0.492 e. The molecule has 0 radical (unpaired) electrons. The molecule has 0 bridgehead atoms. The van der Waals surface area contributed by atoms with E-state index in [9.17, 15) is 9.59 Å². The van der Waals surface area contributed by atoms with Crippen LogP contribution in [-0.2, 0) is 9.59 Å². The summed E-state index contributed by atoms with van der Waals surface area (Å²) in [7, 11) is 0. The second-order valence-corrected chi connectivity index (χ2v) is 6.40. The molecule has 2 rings (SSSR count). The van der Waals surface area contributed by atoms with Gasteiger partial charge >= 0.3 is 0 Å². The summed E-state index contributed by atoms with van der Waals surface area (Å²) in [5, 5.41) is 6.10. The van der Waals surface area contributed by atoms with Gasteiger partial charge in [0.1, 0.15) is 12.4 Å². The Kier molecular flexibility index (Phi) is 13.2. The van der Waals surface area contributed by atoms with Gasteiger partial charge < -0.3 is 21.1 Å². The van der Waals surface area contributed by atoms with Gasteiger partial charge in [0.05, 0.1) is 13.1 Å². The molecule has 0 aliphatic carbocycles. The van der Waals surface area contributed by atoms with E-state index in [1.165, 1.54) is 0 Å². The topological polar surface area (TPSA) is 96.7 Å². The quantitative estimate of drug-likeness (QED) is 0.563. The Hall–Kier alpha value is -1.25. The molecule has 0 unspecified atom stereocenters. The van der Waals surface area contributed by atoms with Gasteiger partial charge in [-0.05, 0) is 37.1 Å². The Bertz CT molecular complexity index is 567. The zero-order chi connectivity index (χ0) is 18.1. The Morgan fingerprint density at radius 2 is 1.78 bits per heavy atom. The number of likely N-dealkylation sites (tertiary alicyclic amines) is 1. The van der Waals surface area contributed by atoms with Crippen LogP contribution >= 0.6 is 36.4 Å². The highest BCUT2D eigenvalue weighted by Gasteiger charge is 2.20. The molecule has 1 saturated heterocycles. The summed E-state index contributed by atoms with van der Waals surface area (Å²) in [6.45, 7) is 3.14. The first-order valence-electron chi connectivity index (χ1n) is 8.43. The van der Waals surface area contributed by atoms with Crippen LogP contribution in [-0.4, -0.2) is 62.1 Å². The zero-order valence-corrected chi connectivity index (χ0v) is 17.4. The fraction of sp³-hybridized carbons (Fsp3) is 0.529. The van der Waals surface area contributed by atoms with Crippen LogP contribution in [0.4, 0.5) is 0 Å².